The molecular weight excluding hydrogens is 388 g/mol. The number of benzene rings is 2. The molecule has 6 heteroatoms. The van der Waals surface area contributed by atoms with Crippen LogP contribution in [0.15, 0.2) is 96.1 Å². The van der Waals surface area contributed by atoms with E-state index < -0.39 is 0 Å². The number of nitrogens with zero attached hydrogens (tertiary/aromatic N) is 2. The maximum Gasteiger partial charge on any atom is 0.270 e. The molecule has 0 spiro atoms. The maximum absolute atomic E-state index is 12.6. The first kappa shape index (κ1) is 19.8. The molecule has 2 aromatic rings. The van der Waals surface area contributed by atoms with Crippen molar-refractivity contribution in [2.24, 2.45) is 0 Å². The van der Waals surface area contributed by atoms with Crippen LogP contribution < -0.4 is 9.80 Å². The first-order chi connectivity index (χ1) is 13.6. The van der Waals surface area contributed by atoms with Crippen LogP contribution in [0.2, 0.25) is 0 Å². The fourth-order valence-electron chi connectivity index (χ4n) is 2.59. The summed E-state index contributed by atoms with van der Waals surface area (Å²) < 4.78 is 0.512. The SMILES string of the molecule is CC(=O)N(/C=C/C=C/C=C1\SC(=S)N(c2ccccc2)C1=O)c1ccccc1. The molecule has 0 unspecified atom stereocenters. The van der Waals surface area contributed by atoms with Gasteiger partial charge in [0.2, 0.25) is 5.91 Å². The molecule has 28 heavy (non-hydrogen) atoms. The van der Waals surface area contributed by atoms with Gasteiger partial charge >= 0.3 is 0 Å². The number of para-hydroxylation sites is 2. The monoisotopic (exact) mass is 406 g/mol. The number of rotatable bonds is 5. The van der Waals surface area contributed by atoms with E-state index in [0.29, 0.717) is 9.23 Å². The molecule has 3 rings (SSSR count). The van der Waals surface area contributed by atoms with Gasteiger partial charge in [-0.3, -0.25) is 19.4 Å². The summed E-state index contributed by atoms with van der Waals surface area (Å²) >= 11 is 6.61. The molecule has 1 heterocycles. The van der Waals surface area contributed by atoms with Crippen LogP contribution in [0.4, 0.5) is 11.4 Å². The number of allylic oxidation sites excluding steroid dienone is 4. The Kier molecular flexibility index (Phi) is 6.57. The minimum Gasteiger partial charge on any atom is -0.288 e. The Labute approximate surface area is 173 Å². The number of hydrogen-bond donors (Lipinski definition) is 0. The topological polar surface area (TPSA) is 40.6 Å². The molecule has 0 aliphatic carbocycles. The third-order valence-corrected chi connectivity index (χ3v) is 5.21. The lowest BCUT2D eigenvalue weighted by Gasteiger charge is -2.15. The van der Waals surface area contributed by atoms with Crippen molar-refractivity contribution in [3.05, 3.63) is 96.1 Å². The van der Waals surface area contributed by atoms with Crippen molar-refractivity contribution in [2.45, 2.75) is 6.92 Å². The Morgan fingerprint density at radius 1 is 1.00 bits per heavy atom. The van der Waals surface area contributed by atoms with E-state index in [1.807, 2.05) is 60.7 Å². The van der Waals surface area contributed by atoms with Crippen molar-refractivity contribution >= 4 is 51.5 Å². The predicted molar refractivity (Wildman–Crippen MR) is 120 cm³/mol. The summed E-state index contributed by atoms with van der Waals surface area (Å²) in [7, 11) is 0. The minimum atomic E-state index is -0.135. The number of carbonyl (C=O) groups excluding carboxylic acids is 2. The van der Waals surface area contributed by atoms with E-state index in [9.17, 15) is 9.59 Å². The molecule has 4 nitrogen and oxygen atoms in total. The largest absolute Gasteiger partial charge is 0.288 e. The van der Waals surface area contributed by atoms with Gasteiger partial charge in [0, 0.05) is 18.8 Å². The average Bonchev–Trinajstić information content (AvgIpc) is 2.99. The van der Waals surface area contributed by atoms with Gasteiger partial charge < -0.3 is 0 Å². The highest BCUT2D eigenvalue weighted by Gasteiger charge is 2.32. The van der Waals surface area contributed by atoms with Crippen LogP contribution in [0.5, 0.6) is 0 Å². The van der Waals surface area contributed by atoms with Crippen molar-refractivity contribution < 1.29 is 9.59 Å². The molecule has 2 amide bonds. The highest BCUT2D eigenvalue weighted by molar-refractivity contribution is 8.27. The van der Waals surface area contributed by atoms with Crippen LogP contribution in [0.1, 0.15) is 6.92 Å². The molecule has 1 saturated heterocycles. The van der Waals surface area contributed by atoms with Gasteiger partial charge in [-0.25, -0.2) is 0 Å². The molecule has 1 aliphatic heterocycles. The standard InChI is InChI=1S/C22H18N2O2S2/c1-17(25)23(18-11-5-2-6-12-18)16-10-4-9-15-20-21(26)24(22(27)28-20)19-13-7-3-8-14-19/h2-16H,1H3/b9-4+,16-10+,20-15-. The zero-order valence-corrected chi connectivity index (χ0v) is 16.8. The fourth-order valence-corrected chi connectivity index (χ4v) is 3.84. The Morgan fingerprint density at radius 2 is 1.64 bits per heavy atom. The summed E-state index contributed by atoms with van der Waals surface area (Å²) in [5, 5.41) is 0. The molecule has 0 aromatic heterocycles. The summed E-state index contributed by atoms with van der Waals surface area (Å²) in [5.41, 5.74) is 1.56. The summed E-state index contributed by atoms with van der Waals surface area (Å²) in [5.74, 6) is -0.218. The molecule has 1 aliphatic rings. The van der Waals surface area contributed by atoms with Crippen molar-refractivity contribution in [3.63, 3.8) is 0 Å². The maximum atomic E-state index is 12.6. The lowest BCUT2D eigenvalue weighted by Crippen LogP contribution is -2.27. The minimum absolute atomic E-state index is 0.0837. The normalized spacial score (nSPS) is 15.9. The predicted octanol–water partition coefficient (Wildman–Crippen LogP) is 5.06. The van der Waals surface area contributed by atoms with Crippen molar-refractivity contribution in [1.29, 1.82) is 0 Å². The van der Waals surface area contributed by atoms with Gasteiger partial charge in [-0.15, -0.1) is 0 Å². The van der Waals surface area contributed by atoms with E-state index in [4.69, 9.17) is 12.2 Å². The van der Waals surface area contributed by atoms with Crippen LogP contribution >= 0.6 is 24.0 Å². The van der Waals surface area contributed by atoms with E-state index in [1.165, 1.54) is 23.6 Å². The van der Waals surface area contributed by atoms with Gasteiger partial charge in [0.15, 0.2) is 4.32 Å². The van der Waals surface area contributed by atoms with E-state index in [2.05, 4.69) is 0 Å². The second-order valence-electron chi connectivity index (χ2n) is 5.83. The molecule has 1 fully saturated rings. The zero-order chi connectivity index (χ0) is 19.9. The van der Waals surface area contributed by atoms with Gasteiger partial charge in [-0.1, -0.05) is 72.5 Å². The lowest BCUT2D eigenvalue weighted by atomic mass is 10.3. The molecule has 0 radical (unpaired) electrons. The van der Waals surface area contributed by atoms with Gasteiger partial charge in [0.05, 0.1) is 10.6 Å². The molecule has 0 atom stereocenters. The summed E-state index contributed by atoms with van der Waals surface area (Å²) in [6.45, 7) is 1.51. The number of thioether (sulfide) groups is 1. The lowest BCUT2D eigenvalue weighted by molar-refractivity contribution is -0.116. The third kappa shape index (κ3) is 4.65. The van der Waals surface area contributed by atoms with Gasteiger partial charge in [0.25, 0.3) is 5.91 Å². The van der Waals surface area contributed by atoms with Gasteiger partial charge in [-0.2, -0.15) is 0 Å². The first-order valence-electron chi connectivity index (χ1n) is 8.59. The van der Waals surface area contributed by atoms with Crippen LogP contribution in [-0.4, -0.2) is 16.1 Å². The quantitative estimate of drug-likeness (QED) is 0.395. The molecule has 0 saturated carbocycles. The summed E-state index contributed by atoms with van der Waals surface area (Å²) in [4.78, 5) is 28.1. The number of carbonyl (C=O) groups is 2. The van der Waals surface area contributed by atoms with Gasteiger partial charge in [0.1, 0.15) is 0 Å². The van der Waals surface area contributed by atoms with E-state index >= 15 is 0 Å². The highest BCUT2D eigenvalue weighted by atomic mass is 32.2. The second-order valence-corrected chi connectivity index (χ2v) is 7.50. The molecule has 0 bridgehead atoms. The molecule has 140 valence electrons. The van der Waals surface area contributed by atoms with E-state index in [1.54, 1.807) is 35.4 Å². The van der Waals surface area contributed by atoms with E-state index in [0.717, 1.165) is 11.4 Å². The van der Waals surface area contributed by atoms with Crippen LogP contribution in [-0.2, 0) is 9.59 Å². The highest BCUT2D eigenvalue weighted by Crippen LogP contribution is 2.34. The van der Waals surface area contributed by atoms with Crippen molar-refractivity contribution in [1.82, 2.24) is 0 Å². The Morgan fingerprint density at radius 3 is 2.29 bits per heavy atom. The fraction of sp³-hybridized carbons (Fsp3) is 0.0455. The Balaban J connectivity index is 1.69. The number of thiocarbonyl (C=S) groups is 1. The molecule has 0 N–H and O–H groups in total. The number of anilines is 2. The Bertz CT molecular complexity index is 967. The molecular formula is C22H18N2O2S2. The van der Waals surface area contributed by atoms with Crippen LogP contribution in [0, 0.1) is 0 Å². The summed E-state index contributed by atoms with van der Waals surface area (Å²) in [6.07, 6.45) is 8.71. The number of amides is 2. The van der Waals surface area contributed by atoms with Crippen LogP contribution in [0.3, 0.4) is 0 Å². The van der Waals surface area contributed by atoms with Gasteiger partial charge in [-0.05, 0) is 36.4 Å². The first-order valence-corrected chi connectivity index (χ1v) is 9.81. The second kappa shape index (κ2) is 9.30. The molecule has 2 aromatic carbocycles. The Hall–Kier alpha value is -2.96. The summed E-state index contributed by atoms with van der Waals surface area (Å²) in [6, 6.07) is 18.7. The van der Waals surface area contributed by atoms with Crippen molar-refractivity contribution in [2.75, 3.05) is 9.80 Å². The van der Waals surface area contributed by atoms with E-state index in [-0.39, 0.29) is 11.8 Å². The smallest absolute Gasteiger partial charge is 0.270 e. The van der Waals surface area contributed by atoms with Crippen LogP contribution in [0.25, 0.3) is 0 Å². The number of hydrogen-bond acceptors (Lipinski definition) is 4. The average molecular weight is 407 g/mol. The van der Waals surface area contributed by atoms with Crippen molar-refractivity contribution in [3.8, 4) is 0 Å². The third-order valence-electron chi connectivity index (χ3n) is 3.89. The zero-order valence-electron chi connectivity index (χ0n) is 15.2.